The van der Waals surface area contributed by atoms with Gasteiger partial charge in [-0.25, -0.2) is 15.0 Å². The summed E-state index contributed by atoms with van der Waals surface area (Å²) in [6, 6.07) is 8.12. The van der Waals surface area contributed by atoms with Gasteiger partial charge in [0.15, 0.2) is 0 Å². The molecular formula is C17H21N5O. The molecule has 0 aromatic carbocycles. The summed E-state index contributed by atoms with van der Waals surface area (Å²) in [5.41, 5.74) is -0.00225. The van der Waals surface area contributed by atoms with E-state index in [1.807, 2.05) is 30.5 Å². The van der Waals surface area contributed by atoms with Crippen LogP contribution in [0.2, 0.25) is 0 Å². The summed E-state index contributed by atoms with van der Waals surface area (Å²) in [5, 5.41) is 3.48. The number of aromatic nitrogens is 3. The molecule has 0 bridgehead atoms. The summed E-state index contributed by atoms with van der Waals surface area (Å²) in [7, 11) is 0. The zero-order chi connectivity index (χ0) is 15.5. The Morgan fingerprint density at radius 2 is 1.83 bits per heavy atom. The smallest absolute Gasteiger partial charge is 0.225 e. The van der Waals surface area contributed by atoms with Gasteiger partial charge in [-0.15, -0.1) is 0 Å². The number of nitrogens with zero attached hydrogens (tertiary/aromatic N) is 4. The van der Waals surface area contributed by atoms with E-state index < -0.39 is 0 Å². The minimum atomic E-state index is -0.00225. The van der Waals surface area contributed by atoms with Gasteiger partial charge >= 0.3 is 0 Å². The number of hydrogen-bond donors (Lipinski definition) is 1. The van der Waals surface area contributed by atoms with Crippen LogP contribution < -0.4 is 10.2 Å². The highest BCUT2D eigenvalue weighted by molar-refractivity contribution is 5.35. The van der Waals surface area contributed by atoms with Gasteiger partial charge in [0.2, 0.25) is 5.95 Å². The molecule has 2 aliphatic heterocycles. The van der Waals surface area contributed by atoms with Gasteiger partial charge in [0, 0.05) is 31.7 Å². The average Bonchev–Trinajstić information content (AvgIpc) is 2.99. The minimum Gasteiger partial charge on any atom is -0.373 e. The van der Waals surface area contributed by atoms with Crippen LogP contribution >= 0.6 is 0 Å². The van der Waals surface area contributed by atoms with Crippen molar-refractivity contribution in [2.45, 2.75) is 30.9 Å². The van der Waals surface area contributed by atoms with Crippen LogP contribution in [0.25, 0.3) is 0 Å². The molecule has 0 aliphatic carbocycles. The first-order valence-corrected chi connectivity index (χ1v) is 8.17. The maximum atomic E-state index is 6.19. The Balaban J connectivity index is 1.35. The van der Waals surface area contributed by atoms with Gasteiger partial charge in [-0.05, 0) is 37.5 Å². The Bertz CT molecular complexity index is 628. The Morgan fingerprint density at radius 1 is 1.04 bits per heavy atom. The number of ether oxygens (including phenoxy) is 1. The highest BCUT2D eigenvalue weighted by Crippen LogP contribution is 2.37. The molecule has 23 heavy (non-hydrogen) atoms. The molecule has 6 heteroatoms. The van der Waals surface area contributed by atoms with Crippen molar-refractivity contribution in [2.75, 3.05) is 29.9 Å². The fourth-order valence-electron chi connectivity index (χ4n) is 3.51. The van der Waals surface area contributed by atoms with Gasteiger partial charge in [-0.3, -0.25) is 0 Å². The molecule has 120 valence electrons. The molecule has 1 spiro atoms. The van der Waals surface area contributed by atoms with Crippen molar-refractivity contribution in [3.63, 3.8) is 0 Å². The number of nitrogens with one attached hydrogen (secondary N) is 1. The van der Waals surface area contributed by atoms with Gasteiger partial charge in [0.1, 0.15) is 5.82 Å². The number of anilines is 2. The molecule has 4 heterocycles. The van der Waals surface area contributed by atoms with E-state index in [4.69, 9.17) is 4.74 Å². The summed E-state index contributed by atoms with van der Waals surface area (Å²) in [5.74, 6) is 1.75. The predicted octanol–water partition coefficient (Wildman–Crippen LogP) is 2.11. The van der Waals surface area contributed by atoms with E-state index in [1.165, 1.54) is 0 Å². The summed E-state index contributed by atoms with van der Waals surface area (Å²) in [6.07, 6.45) is 8.48. The SMILES string of the molecule is c1ccc(NC2COC3(CCN(c4ncccn4)CC3)C2)nc1. The van der Waals surface area contributed by atoms with Crippen LogP contribution in [0.1, 0.15) is 19.3 Å². The van der Waals surface area contributed by atoms with Gasteiger partial charge in [0.05, 0.1) is 18.2 Å². The van der Waals surface area contributed by atoms with Crippen LogP contribution in [-0.4, -0.2) is 46.3 Å². The van der Waals surface area contributed by atoms with Crippen LogP contribution in [0, 0.1) is 0 Å². The van der Waals surface area contributed by atoms with Crippen LogP contribution in [0.5, 0.6) is 0 Å². The van der Waals surface area contributed by atoms with Crippen LogP contribution in [0.4, 0.5) is 11.8 Å². The third kappa shape index (κ3) is 3.12. The van der Waals surface area contributed by atoms with Gasteiger partial charge in [0.25, 0.3) is 0 Å². The van der Waals surface area contributed by atoms with E-state index in [1.54, 1.807) is 12.4 Å². The molecule has 2 aromatic heterocycles. The molecule has 6 nitrogen and oxygen atoms in total. The van der Waals surface area contributed by atoms with Crippen molar-refractivity contribution >= 4 is 11.8 Å². The molecule has 1 atom stereocenters. The van der Waals surface area contributed by atoms with E-state index in [0.29, 0.717) is 6.04 Å². The lowest BCUT2D eigenvalue weighted by Gasteiger charge is -2.38. The van der Waals surface area contributed by atoms with Crippen molar-refractivity contribution in [2.24, 2.45) is 0 Å². The first-order valence-electron chi connectivity index (χ1n) is 8.17. The lowest BCUT2D eigenvalue weighted by molar-refractivity contribution is -0.0149. The Hall–Kier alpha value is -2.21. The topological polar surface area (TPSA) is 63.2 Å². The molecule has 0 saturated carbocycles. The van der Waals surface area contributed by atoms with E-state index in [-0.39, 0.29) is 5.60 Å². The van der Waals surface area contributed by atoms with E-state index in [0.717, 1.165) is 50.7 Å². The van der Waals surface area contributed by atoms with Gasteiger partial charge in [-0.2, -0.15) is 0 Å². The standard InChI is InChI=1S/C17H21N5O/c1-2-7-18-15(4-1)21-14-12-17(23-13-14)5-10-22(11-6-17)16-19-8-3-9-20-16/h1-4,7-9,14H,5-6,10-13H2,(H,18,21). The molecule has 2 saturated heterocycles. The highest BCUT2D eigenvalue weighted by Gasteiger charge is 2.43. The van der Waals surface area contributed by atoms with E-state index in [9.17, 15) is 0 Å². The quantitative estimate of drug-likeness (QED) is 0.937. The normalized spacial score (nSPS) is 23.1. The summed E-state index contributed by atoms with van der Waals surface area (Å²) >= 11 is 0. The maximum Gasteiger partial charge on any atom is 0.225 e. The van der Waals surface area contributed by atoms with Gasteiger partial charge < -0.3 is 15.0 Å². The van der Waals surface area contributed by atoms with Crippen LogP contribution in [-0.2, 0) is 4.74 Å². The van der Waals surface area contributed by atoms with Crippen molar-refractivity contribution in [1.82, 2.24) is 15.0 Å². The third-order valence-electron chi connectivity index (χ3n) is 4.74. The molecule has 2 aromatic rings. The second-order valence-electron chi connectivity index (χ2n) is 6.29. The molecule has 0 amide bonds. The molecule has 1 N–H and O–H groups in total. The fraction of sp³-hybridized carbons (Fsp3) is 0.471. The lowest BCUT2D eigenvalue weighted by Crippen LogP contribution is -2.45. The molecular weight excluding hydrogens is 290 g/mol. The van der Waals surface area contributed by atoms with Gasteiger partial charge in [-0.1, -0.05) is 6.07 Å². The molecule has 4 rings (SSSR count). The van der Waals surface area contributed by atoms with Crippen molar-refractivity contribution in [3.05, 3.63) is 42.9 Å². The molecule has 2 aliphatic rings. The Labute approximate surface area is 135 Å². The highest BCUT2D eigenvalue weighted by atomic mass is 16.5. The van der Waals surface area contributed by atoms with Crippen molar-refractivity contribution in [3.8, 4) is 0 Å². The predicted molar refractivity (Wildman–Crippen MR) is 88.4 cm³/mol. The molecule has 0 radical (unpaired) electrons. The number of hydrogen-bond acceptors (Lipinski definition) is 6. The number of pyridine rings is 1. The first kappa shape index (κ1) is 14.4. The Morgan fingerprint density at radius 3 is 2.57 bits per heavy atom. The zero-order valence-corrected chi connectivity index (χ0v) is 13.1. The summed E-state index contributed by atoms with van der Waals surface area (Å²) < 4.78 is 6.19. The third-order valence-corrected chi connectivity index (χ3v) is 4.74. The second kappa shape index (κ2) is 6.12. The van der Waals surface area contributed by atoms with E-state index >= 15 is 0 Å². The first-order chi connectivity index (χ1) is 11.3. The largest absolute Gasteiger partial charge is 0.373 e. The molecule has 1 unspecified atom stereocenters. The number of rotatable bonds is 3. The van der Waals surface area contributed by atoms with Crippen molar-refractivity contribution in [1.29, 1.82) is 0 Å². The molecule has 2 fully saturated rings. The Kier molecular flexibility index (Phi) is 3.83. The van der Waals surface area contributed by atoms with Crippen molar-refractivity contribution < 1.29 is 4.74 Å². The minimum absolute atomic E-state index is 0.00225. The average molecular weight is 311 g/mol. The zero-order valence-electron chi connectivity index (χ0n) is 13.1. The monoisotopic (exact) mass is 311 g/mol. The van der Waals surface area contributed by atoms with E-state index in [2.05, 4.69) is 25.2 Å². The van der Waals surface area contributed by atoms with Crippen LogP contribution in [0.3, 0.4) is 0 Å². The lowest BCUT2D eigenvalue weighted by atomic mass is 9.87. The van der Waals surface area contributed by atoms with Crippen LogP contribution in [0.15, 0.2) is 42.9 Å². The fourth-order valence-corrected chi connectivity index (χ4v) is 3.51. The second-order valence-corrected chi connectivity index (χ2v) is 6.29. The summed E-state index contributed by atoms with van der Waals surface area (Å²) in [6.45, 7) is 2.64. The summed E-state index contributed by atoms with van der Waals surface area (Å²) in [4.78, 5) is 15.3. The maximum absolute atomic E-state index is 6.19. The number of piperidine rings is 1.